The van der Waals surface area contributed by atoms with E-state index in [1.807, 2.05) is 34.6 Å². The molecule has 130 valence electrons. The number of amides is 1. The molecule has 0 unspecified atom stereocenters. The van der Waals surface area contributed by atoms with Crippen molar-refractivity contribution in [3.8, 4) is 11.5 Å². The van der Waals surface area contributed by atoms with Gasteiger partial charge in [0.1, 0.15) is 12.4 Å². The molecule has 0 spiro atoms. The van der Waals surface area contributed by atoms with E-state index in [-0.39, 0.29) is 11.4 Å². The van der Waals surface area contributed by atoms with Gasteiger partial charge in [0.05, 0.1) is 18.4 Å². The zero-order valence-electron chi connectivity index (χ0n) is 15.0. The molecule has 0 bridgehead atoms. The number of aryl methyl sites for hydroxylation is 2. The van der Waals surface area contributed by atoms with E-state index in [1.54, 1.807) is 25.3 Å². The van der Waals surface area contributed by atoms with Gasteiger partial charge < -0.3 is 19.3 Å². The van der Waals surface area contributed by atoms with Gasteiger partial charge in [-0.25, -0.2) is 0 Å². The maximum absolute atomic E-state index is 12.2. The lowest BCUT2D eigenvalue weighted by Gasteiger charge is -2.21. The molecule has 0 aliphatic rings. The number of rotatable bonds is 5. The lowest BCUT2D eigenvalue weighted by molar-refractivity contribution is 0.0919. The van der Waals surface area contributed by atoms with Gasteiger partial charge >= 0.3 is 0 Å². The van der Waals surface area contributed by atoms with Crippen LogP contribution in [-0.4, -0.2) is 23.7 Å². The van der Waals surface area contributed by atoms with Crippen LogP contribution in [0, 0.1) is 13.8 Å². The van der Waals surface area contributed by atoms with E-state index in [2.05, 4.69) is 10.5 Å². The molecule has 1 heterocycles. The van der Waals surface area contributed by atoms with Gasteiger partial charge in [-0.1, -0.05) is 5.16 Å². The van der Waals surface area contributed by atoms with Crippen molar-refractivity contribution in [2.24, 2.45) is 0 Å². The summed E-state index contributed by atoms with van der Waals surface area (Å²) in [6, 6.07) is 5.12. The highest BCUT2D eigenvalue weighted by molar-refractivity contribution is 5.95. The standard InChI is InChI=1S/C18H24N2O4/c1-11-14(12(2)24-20-11)10-23-15-8-7-13(9-16(15)22-6)17(21)19-18(3,4)5/h7-9H,10H2,1-6H3,(H,19,21). The molecule has 0 aliphatic heterocycles. The van der Waals surface area contributed by atoms with Gasteiger partial charge in [0.15, 0.2) is 11.5 Å². The minimum atomic E-state index is -0.303. The number of hydrogen-bond donors (Lipinski definition) is 1. The first-order valence-corrected chi connectivity index (χ1v) is 7.76. The number of methoxy groups -OCH3 is 1. The molecular formula is C18H24N2O4. The third kappa shape index (κ3) is 4.28. The first-order valence-electron chi connectivity index (χ1n) is 7.76. The van der Waals surface area contributed by atoms with E-state index < -0.39 is 0 Å². The van der Waals surface area contributed by atoms with Crippen LogP contribution in [0.25, 0.3) is 0 Å². The lowest BCUT2D eigenvalue weighted by Crippen LogP contribution is -2.40. The fourth-order valence-electron chi connectivity index (χ4n) is 2.20. The van der Waals surface area contributed by atoms with E-state index >= 15 is 0 Å². The topological polar surface area (TPSA) is 73.6 Å². The molecule has 6 heteroatoms. The Labute approximate surface area is 142 Å². The fourth-order valence-corrected chi connectivity index (χ4v) is 2.20. The van der Waals surface area contributed by atoms with Crippen molar-refractivity contribution >= 4 is 5.91 Å². The number of ether oxygens (including phenoxy) is 2. The van der Waals surface area contributed by atoms with Gasteiger partial charge in [0, 0.05) is 11.1 Å². The van der Waals surface area contributed by atoms with Crippen molar-refractivity contribution in [2.45, 2.75) is 46.8 Å². The van der Waals surface area contributed by atoms with Crippen molar-refractivity contribution in [1.29, 1.82) is 0 Å². The van der Waals surface area contributed by atoms with Crippen LogP contribution >= 0.6 is 0 Å². The maximum Gasteiger partial charge on any atom is 0.251 e. The SMILES string of the molecule is COc1cc(C(=O)NC(C)(C)C)ccc1OCc1c(C)noc1C. The van der Waals surface area contributed by atoms with E-state index in [4.69, 9.17) is 14.0 Å². The molecule has 1 amide bonds. The van der Waals surface area contributed by atoms with Gasteiger partial charge in [-0.2, -0.15) is 0 Å². The van der Waals surface area contributed by atoms with Gasteiger partial charge in [0.25, 0.3) is 5.91 Å². The van der Waals surface area contributed by atoms with E-state index in [0.717, 1.165) is 17.0 Å². The summed E-state index contributed by atoms with van der Waals surface area (Å²) in [5.41, 5.74) is 1.92. The zero-order chi connectivity index (χ0) is 17.9. The highest BCUT2D eigenvalue weighted by Crippen LogP contribution is 2.29. The number of aromatic nitrogens is 1. The Hall–Kier alpha value is -2.50. The highest BCUT2D eigenvalue weighted by Gasteiger charge is 2.17. The summed E-state index contributed by atoms with van der Waals surface area (Å²) >= 11 is 0. The average molecular weight is 332 g/mol. The van der Waals surface area contributed by atoms with Gasteiger partial charge in [-0.05, 0) is 52.8 Å². The number of nitrogens with one attached hydrogen (secondary N) is 1. The second-order valence-electron chi connectivity index (χ2n) is 6.66. The normalized spacial score (nSPS) is 11.2. The Morgan fingerprint density at radius 2 is 1.96 bits per heavy atom. The molecular weight excluding hydrogens is 308 g/mol. The van der Waals surface area contributed by atoms with Crippen molar-refractivity contribution in [3.63, 3.8) is 0 Å². The number of carbonyl (C=O) groups is 1. The molecule has 0 saturated carbocycles. The summed E-state index contributed by atoms with van der Waals surface area (Å²) in [6.45, 7) is 9.84. The molecule has 0 aliphatic carbocycles. The van der Waals surface area contributed by atoms with Crippen LogP contribution in [0.15, 0.2) is 22.7 Å². The molecule has 6 nitrogen and oxygen atoms in total. The summed E-state index contributed by atoms with van der Waals surface area (Å²) in [6.07, 6.45) is 0. The lowest BCUT2D eigenvalue weighted by atomic mass is 10.1. The molecule has 2 rings (SSSR count). The van der Waals surface area contributed by atoms with Crippen molar-refractivity contribution in [1.82, 2.24) is 10.5 Å². The number of carbonyl (C=O) groups excluding carboxylic acids is 1. The Balaban J connectivity index is 2.16. The minimum absolute atomic E-state index is 0.155. The summed E-state index contributed by atoms with van der Waals surface area (Å²) in [5, 5.41) is 6.82. The van der Waals surface area contributed by atoms with Crippen LogP contribution in [0.3, 0.4) is 0 Å². The van der Waals surface area contributed by atoms with Gasteiger partial charge in [0.2, 0.25) is 0 Å². The summed E-state index contributed by atoms with van der Waals surface area (Å²) < 4.78 is 16.3. The molecule has 1 aromatic heterocycles. The first kappa shape index (κ1) is 17.8. The van der Waals surface area contributed by atoms with E-state index in [1.165, 1.54) is 0 Å². The van der Waals surface area contributed by atoms with E-state index in [0.29, 0.717) is 23.7 Å². The second kappa shape index (κ2) is 6.95. The maximum atomic E-state index is 12.2. The molecule has 1 aromatic carbocycles. The van der Waals surface area contributed by atoms with Gasteiger partial charge in [-0.3, -0.25) is 4.79 Å². The van der Waals surface area contributed by atoms with Crippen LogP contribution in [0.5, 0.6) is 11.5 Å². The first-order chi connectivity index (χ1) is 11.2. The summed E-state index contributed by atoms with van der Waals surface area (Å²) in [5.74, 6) is 1.64. The van der Waals surface area contributed by atoms with Crippen molar-refractivity contribution in [2.75, 3.05) is 7.11 Å². The Bertz CT molecular complexity index is 710. The van der Waals surface area contributed by atoms with Crippen molar-refractivity contribution in [3.05, 3.63) is 40.8 Å². The molecule has 0 fully saturated rings. The molecule has 0 atom stereocenters. The largest absolute Gasteiger partial charge is 0.493 e. The third-order valence-corrected chi connectivity index (χ3v) is 3.47. The Kier molecular flexibility index (Phi) is 5.17. The zero-order valence-corrected chi connectivity index (χ0v) is 15.0. The third-order valence-electron chi connectivity index (χ3n) is 3.47. The van der Waals surface area contributed by atoms with Crippen LogP contribution in [0.1, 0.15) is 48.1 Å². The summed E-state index contributed by atoms with van der Waals surface area (Å²) in [7, 11) is 1.55. The number of benzene rings is 1. The predicted molar refractivity (Wildman–Crippen MR) is 90.5 cm³/mol. The van der Waals surface area contributed by atoms with Crippen LogP contribution < -0.4 is 14.8 Å². The van der Waals surface area contributed by atoms with Crippen LogP contribution in [0.4, 0.5) is 0 Å². The van der Waals surface area contributed by atoms with Crippen molar-refractivity contribution < 1.29 is 18.8 Å². The van der Waals surface area contributed by atoms with Crippen LogP contribution in [-0.2, 0) is 6.61 Å². The Morgan fingerprint density at radius 3 is 2.50 bits per heavy atom. The quantitative estimate of drug-likeness (QED) is 0.908. The monoisotopic (exact) mass is 332 g/mol. The molecule has 1 N–H and O–H groups in total. The Morgan fingerprint density at radius 1 is 1.25 bits per heavy atom. The number of nitrogens with zero attached hydrogens (tertiary/aromatic N) is 1. The van der Waals surface area contributed by atoms with E-state index in [9.17, 15) is 4.79 Å². The summed E-state index contributed by atoms with van der Waals surface area (Å²) in [4.78, 5) is 12.2. The van der Waals surface area contributed by atoms with Gasteiger partial charge in [-0.15, -0.1) is 0 Å². The predicted octanol–water partition coefficient (Wildman–Crippen LogP) is 3.41. The highest BCUT2D eigenvalue weighted by atomic mass is 16.5. The minimum Gasteiger partial charge on any atom is -0.493 e. The smallest absolute Gasteiger partial charge is 0.251 e. The molecule has 0 saturated heterocycles. The molecule has 24 heavy (non-hydrogen) atoms. The number of hydrogen-bond acceptors (Lipinski definition) is 5. The molecule has 0 radical (unpaired) electrons. The second-order valence-corrected chi connectivity index (χ2v) is 6.66. The fraction of sp³-hybridized carbons (Fsp3) is 0.444. The average Bonchev–Trinajstić information content (AvgIpc) is 2.82. The van der Waals surface area contributed by atoms with Crippen LogP contribution in [0.2, 0.25) is 0 Å². The molecule has 2 aromatic rings.